The zero-order valence-electron chi connectivity index (χ0n) is 12.3. The van der Waals surface area contributed by atoms with Gasteiger partial charge in [-0.25, -0.2) is 4.98 Å². The number of hydrogen-bond donors (Lipinski definition) is 1. The minimum absolute atomic E-state index is 0.173. The van der Waals surface area contributed by atoms with Gasteiger partial charge in [-0.1, -0.05) is 13.0 Å². The van der Waals surface area contributed by atoms with Crippen molar-refractivity contribution in [3.63, 3.8) is 0 Å². The number of nitrogens with one attached hydrogen (secondary N) is 1. The predicted octanol–water partition coefficient (Wildman–Crippen LogP) is 3.81. The first-order valence-corrected chi connectivity index (χ1v) is 7.11. The minimum Gasteiger partial charge on any atom is -0.439 e. The van der Waals surface area contributed by atoms with Gasteiger partial charge in [0.1, 0.15) is 5.75 Å². The highest BCUT2D eigenvalue weighted by atomic mass is 16.5. The summed E-state index contributed by atoms with van der Waals surface area (Å²) in [6.07, 6.45) is 2.80. The van der Waals surface area contributed by atoms with E-state index in [1.807, 2.05) is 12.1 Å². The van der Waals surface area contributed by atoms with Gasteiger partial charge in [-0.05, 0) is 50.2 Å². The highest BCUT2D eigenvalue weighted by Gasteiger charge is 2.12. The number of benzene rings is 1. The summed E-state index contributed by atoms with van der Waals surface area (Å²) in [7, 11) is 0. The lowest BCUT2D eigenvalue weighted by Crippen LogP contribution is -2.20. The fraction of sp³-hybridized carbons (Fsp3) is 0.294. The SMILES string of the molecule is CCCNC(C)c1cccnc1Oc1ccc(C#N)cc1. The largest absolute Gasteiger partial charge is 0.439 e. The van der Waals surface area contributed by atoms with Gasteiger partial charge in [0.2, 0.25) is 5.88 Å². The summed E-state index contributed by atoms with van der Waals surface area (Å²) in [4.78, 5) is 4.32. The molecule has 0 saturated heterocycles. The van der Waals surface area contributed by atoms with Gasteiger partial charge < -0.3 is 10.1 Å². The van der Waals surface area contributed by atoms with Crippen LogP contribution in [0, 0.1) is 11.3 Å². The number of hydrogen-bond acceptors (Lipinski definition) is 4. The Kier molecular flexibility index (Phi) is 5.30. The standard InChI is InChI=1S/C17H19N3O/c1-3-10-19-13(2)16-5-4-11-20-17(16)21-15-8-6-14(12-18)7-9-15/h4-9,11,13,19H,3,10H2,1-2H3. The van der Waals surface area contributed by atoms with Crippen LogP contribution in [0.2, 0.25) is 0 Å². The van der Waals surface area contributed by atoms with Crippen molar-refractivity contribution in [2.75, 3.05) is 6.54 Å². The number of rotatable bonds is 6. The first kappa shape index (κ1) is 15.0. The molecule has 0 fully saturated rings. The molecule has 1 aromatic heterocycles. The van der Waals surface area contributed by atoms with Crippen molar-refractivity contribution in [1.29, 1.82) is 5.26 Å². The molecule has 0 spiro atoms. The molecule has 2 rings (SSSR count). The fourth-order valence-electron chi connectivity index (χ4n) is 2.00. The second-order valence-electron chi connectivity index (χ2n) is 4.81. The van der Waals surface area contributed by atoms with Gasteiger partial charge in [-0.15, -0.1) is 0 Å². The Bertz CT molecular complexity index is 617. The molecular formula is C17H19N3O. The monoisotopic (exact) mass is 281 g/mol. The van der Waals surface area contributed by atoms with Gasteiger partial charge in [0.05, 0.1) is 11.6 Å². The van der Waals surface area contributed by atoms with E-state index in [9.17, 15) is 0 Å². The molecule has 0 aliphatic rings. The van der Waals surface area contributed by atoms with E-state index in [1.54, 1.807) is 30.5 Å². The Morgan fingerprint density at radius 1 is 1.29 bits per heavy atom. The smallest absolute Gasteiger partial charge is 0.223 e. The van der Waals surface area contributed by atoms with Crippen LogP contribution in [-0.4, -0.2) is 11.5 Å². The second kappa shape index (κ2) is 7.41. The van der Waals surface area contributed by atoms with Crippen molar-refractivity contribution in [3.05, 3.63) is 53.7 Å². The van der Waals surface area contributed by atoms with Crippen molar-refractivity contribution >= 4 is 0 Å². The molecule has 1 aromatic carbocycles. The van der Waals surface area contributed by atoms with Crippen LogP contribution in [0.4, 0.5) is 0 Å². The number of nitrogens with zero attached hydrogens (tertiary/aromatic N) is 2. The van der Waals surface area contributed by atoms with Crippen molar-refractivity contribution in [2.45, 2.75) is 26.3 Å². The molecule has 1 unspecified atom stereocenters. The zero-order chi connectivity index (χ0) is 15.1. The number of aromatic nitrogens is 1. The van der Waals surface area contributed by atoms with Crippen LogP contribution in [-0.2, 0) is 0 Å². The highest BCUT2D eigenvalue weighted by molar-refractivity contribution is 5.38. The molecule has 21 heavy (non-hydrogen) atoms. The van der Waals surface area contributed by atoms with E-state index in [2.05, 4.69) is 30.2 Å². The quantitative estimate of drug-likeness (QED) is 0.874. The van der Waals surface area contributed by atoms with Crippen LogP contribution in [0.3, 0.4) is 0 Å². The van der Waals surface area contributed by atoms with Crippen LogP contribution in [0.25, 0.3) is 0 Å². The van der Waals surface area contributed by atoms with Crippen LogP contribution >= 0.6 is 0 Å². The lowest BCUT2D eigenvalue weighted by Gasteiger charge is -2.16. The molecule has 1 atom stereocenters. The Morgan fingerprint density at radius 2 is 2.05 bits per heavy atom. The normalized spacial score (nSPS) is 11.7. The van der Waals surface area contributed by atoms with E-state index in [0.29, 0.717) is 17.2 Å². The average Bonchev–Trinajstić information content (AvgIpc) is 2.54. The molecule has 108 valence electrons. The van der Waals surface area contributed by atoms with Gasteiger partial charge in [-0.3, -0.25) is 0 Å². The predicted molar refractivity (Wildman–Crippen MR) is 82.2 cm³/mol. The third-order valence-corrected chi connectivity index (χ3v) is 3.17. The van der Waals surface area contributed by atoms with Gasteiger partial charge in [-0.2, -0.15) is 5.26 Å². The number of nitriles is 1. The first-order chi connectivity index (χ1) is 10.2. The lowest BCUT2D eigenvalue weighted by atomic mass is 10.1. The van der Waals surface area contributed by atoms with Crippen LogP contribution < -0.4 is 10.1 Å². The molecule has 1 N–H and O–H groups in total. The molecule has 2 aromatic rings. The third kappa shape index (κ3) is 4.04. The topological polar surface area (TPSA) is 57.9 Å². The lowest BCUT2D eigenvalue weighted by molar-refractivity contribution is 0.442. The number of ether oxygens (including phenoxy) is 1. The average molecular weight is 281 g/mol. The molecule has 0 amide bonds. The summed E-state index contributed by atoms with van der Waals surface area (Å²) in [5.74, 6) is 1.27. The summed E-state index contributed by atoms with van der Waals surface area (Å²) in [6.45, 7) is 5.18. The summed E-state index contributed by atoms with van der Waals surface area (Å²) in [6, 6.07) is 13.2. The molecule has 0 aliphatic heterocycles. The molecular weight excluding hydrogens is 262 g/mol. The summed E-state index contributed by atoms with van der Waals surface area (Å²) in [5.41, 5.74) is 1.64. The second-order valence-corrected chi connectivity index (χ2v) is 4.81. The van der Waals surface area contributed by atoms with E-state index in [-0.39, 0.29) is 6.04 Å². The van der Waals surface area contributed by atoms with Crippen molar-refractivity contribution in [3.8, 4) is 17.7 Å². The molecule has 0 aliphatic carbocycles. The van der Waals surface area contributed by atoms with Crippen molar-refractivity contribution < 1.29 is 4.74 Å². The van der Waals surface area contributed by atoms with Gasteiger partial charge in [0.15, 0.2) is 0 Å². The molecule has 1 heterocycles. The molecule has 4 heteroatoms. The highest BCUT2D eigenvalue weighted by Crippen LogP contribution is 2.27. The van der Waals surface area contributed by atoms with Crippen molar-refractivity contribution in [1.82, 2.24) is 10.3 Å². The zero-order valence-corrected chi connectivity index (χ0v) is 12.3. The maximum absolute atomic E-state index is 8.81. The summed E-state index contributed by atoms with van der Waals surface area (Å²) < 4.78 is 5.85. The van der Waals surface area contributed by atoms with E-state index in [0.717, 1.165) is 18.5 Å². The maximum Gasteiger partial charge on any atom is 0.223 e. The van der Waals surface area contributed by atoms with E-state index >= 15 is 0 Å². The molecule has 0 radical (unpaired) electrons. The van der Waals surface area contributed by atoms with Crippen molar-refractivity contribution in [2.24, 2.45) is 0 Å². The molecule has 0 bridgehead atoms. The van der Waals surface area contributed by atoms with Crippen LogP contribution in [0.15, 0.2) is 42.6 Å². The van der Waals surface area contributed by atoms with E-state index in [4.69, 9.17) is 10.00 Å². The Hall–Kier alpha value is -2.38. The number of pyridine rings is 1. The molecule has 0 saturated carbocycles. The summed E-state index contributed by atoms with van der Waals surface area (Å²) >= 11 is 0. The Balaban J connectivity index is 2.17. The van der Waals surface area contributed by atoms with Gasteiger partial charge >= 0.3 is 0 Å². The minimum atomic E-state index is 0.173. The van der Waals surface area contributed by atoms with Gasteiger partial charge in [0.25, 0.3) is 0 Å². The molecule has 4 nitrogen and oxygen atoms in total. The Morgan fingerprint density at radius 3 is 2.71 bits per heavy atom. The van der Waals surface area contributed by atoms with Crippen LogP contribution in [0.5, 0.6) is 11.6 Å². The van der Waals surface area contributed by atoms with E-state index < -0.39 is 0 Å². The van der Waals surface area contributed by atoms with E-state index in [1.165, 1.54) is 0 Å². The first-order valence-electron chi connectivity index (χ1n) is 7.11. The van der Waals surface area contributed by atoms with Gasteiger partial charge in [0, 0.05) is 17.8 Å². The fourth-order valence-corrected chi connectivity index (χ4v) is 2.00. The Labute approximate surface area is 125 Å². The third-order valence-electron chi connectivity index (χ3n) is 3.17. The van der Waals surface area contributed by atoms with Crippen LogP contribution in [0.1, 0.15) is 37.4 Å². The summed E-state index contributed by atoms with van der Waals surface area (Å²) in [5, 5.41) is 12.2. The maximum atomic E-state index is 8.81.